The molecular formula is C14H20IN3O. The number of hydrogen-bond acceptors (Lipinski definition) is 3. The Hall–Kier alpha value is -0.660. The van der Waals surface area contributed by atoms with E-state index in [1.807, 2.05) is 31.3 Å². The molecule has 0 aromatic heterocycles. The summed E-state index contributed by atoms with van der Waals surface area (Å²) in [6.07, 6.45) is 2.48. The minimum Gasteiger partial charge on any atom is -0.329 e. The van der Waals surface area contributed by atoms with Crippen LogP contribution in [0, 0.1) is 9.49 Å². The third-order valence-electron chi connectivity index (χ3n) is 3.48. The molecule has 0 saturated heterocycles. The molecule has 1 atom stereocenters. The van der Waals surface area contributed by atoms with Gasteiger partial charge in [-0.3, -0.25) is 9.69 Å². The van der Waals surface area contributed by atoms with Crippen molar-refractivity contribution in [1.82, 2.24) is 4.90 Å². The van der Waals surface area contributed by atoms with Gasteiger partial charge in [0.2, 0.25) is 5.91 Å². The van der Waals surface area contributed by atoms with Gasteiger partial charge >= 0.3 is 0 Å². The van der Waals surface area contributed by atoms with E-state index >= 15 is 0 Å². The Labute approximate surface area is 127 Å². The van der Waals surface area contributed by atoms with E-state index < -0.39 is 0 Å². The topological polar surface area (TPSA) is 58.4 Å². The summed E-state index contributed by atoms with van der Waals surface area (Å²) >= 11 is 2.23. The van der Waals surface area contributed by atoms with Gasteiger partial charge in [-0.2, -0.15) is 0 Å². The normalized spacial score (nSPS) is 16.4. The highest BCUT2D eigenvalue weighted by atomic mass is 127. The van der Waals surface area contributed by atoms with Crippen LogP contribution < -0.4 is 11.1 Å². The molecule has 1 aliphatic carbocycles. The first-order valence-electron chi connectivity index (χ1n) is 6.56. The van der Waals surface area contributed by atoms with Gasteiger partial charge in [0.1, 0.15) is 0 Å². The molecule has 1 aliphatic rings. The molecule has 1 amide bonds. The summed E-state index contributed by atoms with van der Waals surface area (Å²) in [5, 5.41) is 2.93. The second-order valence-electron chi connectivity index (χ2n) is 5.11. The van der Waals surface area contributed by atoms with Gasteiger partial charge in [0.05, 0.1) is 6.54 Å². The Bertz CT molecular complexity index is 448. The molecule has 1 fully saturated rings. The van der Waals surface area contributed by atoms with E-state index in [-0.39, 0.29) is 5.91 Å². The molecule has 1 aromatic carbocycles. The van der Waals surface area contributed by atoms with Crippen LogP contribution in [0.5, 0.6) is 0 Å². The van der Waals surface area contributed by atoms with Gasteiger partial charge < -0.3 is 11.1 Å². The van der Waals surface area contributed by atoms with Gasteiger partial charge in [-0.25, -0.2) is 0 Å². The Morgan fingerprint density at radius 2 is 2.32 bits per heavy atom. The number of anilines is 1. The number of benzene rings is 1. The fraction of sp³-hybridized carbons (Fsp3) is 0.500. The fourth-order valence-electron chi connectivity index (χ4n) is 2.32. The average molecular weight is 373 g/mol. The second kappa shape index (κ2) is 6.67. The maximum Gasteiger partial charge on any atom is 0.238 e. The zero-order valence-corrected chi connectivity index (χ0v) is 13.3. The zero-order valence-electron chi connectivity index (χ0n) is 11.1. The van der Waals surface area contributed by atoms with Gasteiger partial charge in [0.15, 0.2) is 0 Å². The lowest BCUT2D eigenvalue weighted by molar-refractivity contribution is -0.117. The maximum atomic E-state index is 12.0. The number of halogens is 1. The number of likely N-dealkylation sites (N-methyl/N-ethyl adjacent to an activating group) is 1. The van der Waals surface area contributed by atoms with Crippen LogP contribution in [0.1, 0.15) is 12.8 Å². The number of amides is 1. The summed E-state index contributed by atoms with van der Waals surface area (Å²) in [5.41, 5.74) is 6.64. The Balaban J connectivity index is 1.86. The largest absolute Gasteiger partial charge is 0.329 e. The molecule has 1 unspecified atom stereocenters. The molecule has 1 saturated carbocycles. The molecule has 0 bridgehead atoms. The van der Waals surface area contributed by atoms with Crippen LogP contribution in [0.3, 0.4) is 0 Å². The van der Waals surface area contributed by atoms with Crippen LogP contribution in [-0.4, -0.2) is 37.0 Å². The molecule has 104 valence electrons. The van der Waals surface area contributed by atoms with Crippen molar-refractivity contribution in [2.75, 3.05) is 25.5 Å². The lowest BCUT2D eigenvalue weighted by Gasteiger charge is -2.26. The lowest BCUT2D eigenvalue weighted by atomic mass is 10.1. The van der Waals surface area contributed by atoms with E-state index in [1.165, 1.54) is 12.8 Å². The maximum absolute atomic E-state index is 12.0. The van der Waals surface area contributed by atoms with Gasteiger partial charge in [-0.05, 0) is 66.6 Å². The van der Waals surface area contributed by atoms with Crippen molar-refractivity contribution < 1.29 is 4.79 Å². The zero-order chi connectivity index (χ0) is 13.8. The Morgan fingerprint density at radius 3 is 2.89 bits per heavy atom. The Kier molecular flexibility index (Phi) is 5.18. The van der Waals surface area contributed by atoms with Gasteiger partial charge in [0.25, 0.3) is 0 Å². The van der Waals surface area contributed by atoms with Gasteiger partial charge in [-0.1, -0.05) is 6.07 Å². The molecule has 0 heterocycles. The minimum atomic E-state index is 0.0172. The van der Waals surface area contributed by atoms with Crippen LogP contribution in [-0.2, 0) is 4.79 Å². The lowest BCUT2D eigenvalue weighted by Crippen LogP contribution is -2.43. The number of hydrogen-bond donors (Lipinski definition) is 2. The third-order valence-corrected chi connectivity index (χ3v) is 4.15. The SMILES string of the molecule is CN(CC(=O)Nc1cccc(I)c1)C(CN)C1CC1. The summed E-state index contributed by atoms with van der Waals surface area (Å²) in [6.45, 7) is 1.02. The predicted molar refractivity (Wildman–Crippen MR) is 86.0 cm³/mol. The van der Waals surface area contributed by atoms with Gasteiger partial charge in [0, 0.05) is 21.8 Å². The van der Waals surface area contributed by atoms with Crippen molar-refractivity contribution in [2.45, 2.75) is 18.9 Å². The fourth-order valence-corrected chi connectivity index (χ4v) is 2.87. The van der Waals surface area contributed by atoms with Crippen molar-refractivity contribution >= 4 is 34.2 Å². The van der Waals surface area contributed by atoms with E-state index in [9.17, 15) is 4.79 Å². The summed E-state index contributed by atoms with van der Waals surface area (Å²) < 4.78 is 1.11. The molecular weight excluding hydrogens is 353 g/mol. The smallest absolute Gasteiger partial charge is 0.238 e. The first-order valence-corrected chi connectivity index (χ1v) is 7.63. The molecule has 0 spiro atoms. The number of nitrogens with two attached hydrogens (primary N) is 1. The quantitative estimate of drug-likeness (QED) is 0.749. The van der Waals surface area contributed by atoms with E-state index in [0.717, 1.165) is 9.26 Å². The summed E-state index contributed by atoms with van der Waals surface area (Å²) in [7, 11) is 1.98. The van der Waals surface area contributed by atoms with Crippen molar-refractivity contribution in [3.8, 4) is 0 Å². The number of carbonyl (C=O) groups is 1. The number of rotatable bonds is 6. The van der Waals surface area contributed by atoms with Crippen LogP contribution in [0.15, 0.2) is 24.3 Å². The van der Waals surface area contributed by atoms with E-state index in [2.05, 4.69) is 32.8 Å². The molecule has 2 rings (SSSR count). The average Bonchev–Trinajstić information content (AvgIpc) is 3.14. The number of nitrogens with one attached hydrogen (secondary N) is 1. The molecule has 1 aromatic rings. The molecule has 0 aliphatic heterocycles. The highest BCUT2D eigenvalue weighted by Crippen LogP contribution is 2.34. The van der Waals surface area contributed by atoms with Crippen molar-refractivity contribution in [2.24, 2.45) is 11.7 Å². The Morgan fingerprint density at radius 1 is 1.58 bits per heavy atom. The minimum absolute atomic E-state index is 0.0172. The van der Waals surface area contributed by atoms with E-state index in [4.69, 9.17) is 5.73 Å². The van der Waals surface area contributed by atoms with Crippen LogP contribution >= 0.6 is 22.6 Å². The highest BCUT2D eigenvalue weighted by molar-refractivity contribution is 14.1. The monoisotopic (exact) mass is 373 g/mol. The second-order valence-corrected chi connectivity index (χ2v) is 6.36. The number of carbonyl (C=O) groups excluding carboxylic acids is 1. The van der Waals surface area contributed by atoms with Crippen molar-refractivity contribution in [1.29, 1.82) is 0 Å². The molecule has 4 nitrogen and oxygen atoms in total. The standard InChI is InChI=1S/C14H20IN3O/c1-18(13(8-16)10-5-6-10)9-14(19)17-12-4-2-3-11(15)7-12/h2-4,7,10,13H,5-6,8-9,16H2,1H3,(H,17,19). The summed E-state index contributed by atoms with van der Waals surface area (Å²) in [6, 6.07) is 8.14. The first-order chi connectivity index (χ1) is 9.10. The van der Waals surface area contributed by atoms with Gasteiger partial charge in [-0.15, -0.1) is 0 Å². The van der Waals surface area contributed by atoms with Crippen LogP contribution in [0.4, 0.5) is 5.69 Å². The summed E-state index contributed by atoms with van der Waals surface area (Å²) in [4.78, 5) is 14.1. The molecule has 0 radical (unpaired) electrons. The predicted octanol–water partition coefficient (Wildman–Crippen LogP) is 1.90. The molecule has 3 N–H and O–H groups in total. The molecule has 19 heavy (non-hydrogen) atoms. The van der Waals surface area contributed by atoms with Crippen molar-refractivity contribution in [3.05, 3.63) is 27.8 Å². The van der Waals surface area contributed by atoms with Crippen LogP contribution in [0.25, 0.3) is 0 Å². The molecule has 5 heteroatoms. The first kappa shape index (κ1) is 14.7. The van der Waals surface area contributed by atoms with E-state index in [1.54, 1.807) is 0 Å². The van der Waals surface area contributed by atoms with Crippen molar-refractivity contribution in [3.63, 3.8) is 0 Å². The van der Waals surface area contributed by atoms with Crippen LogP contribution in [0.2, 0.25) is 0 Å². The third kappa shape index (κ3) is 4.43. The van der Waals surface area contributed by atoms with E-state index in [0.29, 0.717) is 25.0 Å². The number of nitrogens with zero attached hydrogens (tertiary/aromatic N) is 1. The highest BCUT2D eigenvalue weighted by Gasteiger charge is 2.33. The summed E-state index contributed by atoms with van der Waals surface area (Å²) in [5.74, 6) is 0.698.